The SMILES string of the molecule is CC(C)n1sc2ccccc2c1=S. The van der Waals surface area contributed by atoms with Gasteiger partial charge in [0.05, 0.1) is 4.70 Å². The van der Waals surface area contributed by atoms with Crippen molar-refractivity contribution in [3.05, 3.63) is 28.9 Å². The van der Waals surface area contributed by atoms with Crippen LogP contribution in [0.1, 0.15) is 19.9 Å². The normalized spacial score (nSPS) is 11.3. The minimum Gasteiger partial charge on any atom is -0.285 e. The summed E-state index contributed by atoms with van der Waals surface area (Å²) in [5.74, 6) is 0. The lowest BCUT2D eigenvalue weighted by atomic mass is 10.3. The molecule has 0 aliphatic carbocycles. The van der Waals surface area contributed by atoms with Crippen molar-refractivity contribution >= 4 is 33.8 Å². The Labute approximate surface area is 86.8 Å². The Balaban J connectivity index is 2.82. The van der Waals surface area contributed by atoms with Crippen LogP contribution in [0.5, 0.6) is 0 Å². The number of aromatic nitrogens is 1. The molecule has 0 saturated carbocycles. The van der Waals surface area contributed by atoms with E-state index in [-0.39, 0.29) is 0 Å². The van der Waals surface area contributed by atoms with Gasteiger partial charge in [0.1, 0.15) is 4.64 Å². The zero-order chi connectivity index (χ0) is 9.42. The Morgan fingerprint density at radius 2 is 2.00 bits per heavy atom. The Kier molecular flexibility index (Phi) is 2.22. The largest absolute Gasteiger partial charge is 0.285 e. The first-order valence-electron chi connectivity index (χ1n) is 4.30. The predicted molar refractivity (Wildman–Crippen MR) is 61.0 cm³/mol. The standard InChI is InChI=1S/C10H11NS2/c1-7(2)11-10(12)8-5-3-4-6-9(8)13-11/h3-7H,1-2H3. The fourth-order valence-corrected chi connectivity index (χ4v) is 2.90. The van der Waals surface area contributed by atoms with E-state index >= 15 is 0 Å². The van der Waals surface area contributed by atoms with Gasteiger partial charge in [0.15, 0.2) is 0 Å². The average Bonchev–Trinajstić information content (AvgIpc) is 2.45. The van der Waals surface area contributed by atoms with Gasteiger partial charge in [-0.2, -0.15) is 0 Å². The van der Waals surface area contributed by atoms with Crippen molar-refractivity contribution in [3.63, 3.8) is 0 Å². The monoisotopic (exact) mass is 209 g/mol. The molecule has 68 valence electrons. The lowest BCUT2D eigenvalue weighted by Crippen LogP contribution is -1.94. The predicted octanol–water partition coefficient (Wildman–Crippen LogP) is 4.01. The van der Waals surface area contributed by atoms with Crippen LogP contribution in [0, 0.1) is 4.64 Å². The van der Waals surface area contributed by atoms with Crippen molar-refractivity contribution in [2.75, 3.05) is 0 Å². The Morgan fingerprint density at radius 3 is 2.62 bits per heavy atom. The van der Waals surface area contributed by atoms with Gasteiger partial charge in [-0.1, -0.05) is 41.9 Å². The maximum atomic E-state index is 5.38. The summed E-state index contributed by atoms with van der Waals surface area (Å²) >= 11 is 7.12. The summed E-state index contributed by atoms with van der Waals surface area (Å²) < 4.78 is 4.43. The molecule has 13 heavy (non-hydrogen) atoms. The van der Waals surface area contributed by atoms with Crippen molar-refractivity contribution in [1.82, 2.24) is 3.96 Å². The smallest absolute Gasteiger partial charge is 0.124 e. The molecule has 0 bridgehead atoms. The van der Waals surface area contributed by atoms with Crippen LogP contribution in [0.25, 0.3) is 10.1 Å². The molecule has 0 N–H and O–H groups in total. The summed E-state index contributed by atoms with van der Waals surface area (Å²) in [6.45, 7) is 4.32. The summed E-state index contributed by atoms with van der Waals surface area (Å²) in [7, 11) is 0. The van der Waals surface area contributed by atoms with Crippen molar-refractivity contribution in [2.45, 2.75) is 19.9 Å². The summed E-state index contributed by atoms with van der Waals surface area (Å²) in [5, 5.41) is 1.20. The second-order valence-corrected chi connectivity index (χ2v) is 4.71. The summed E-state index contributed by atoms with van der Waals surface area (Å²) in [5.41, 5.74) is 0. The van der Waals surface area contributed by atoms with Gasteiger partial charge in [-0.25, -0.2) is 0 Å². The Hall–Kier alpha value is -0.670. The number of benzene rings is 1. The minimum absolute atomic E-state index is 0.463. The van der Waals surface area contributed by atoms with E-state index in [1.54, 1.807) is 11.5 Å². The van der Waals surface area contributed by atoms with E-state index in [9.17, 15) is 0 Å². The highest BCUT2D eigenvalue weighted by atomic mass is 32.1. The van der Waals surface area contributed by atoms with Gasteiger partial charge in [0.2, 0.25) is 0 Å². The molecule has 1 heterocycles. The number of fused-ring (bicyclic) bond motifs is 1. The number of nitrogens with zero attached hydrogens (tertiary/aromatic N) is 1. The molecule has 0 radical (unpaired) electrons. The van der Waals surface area contributed by atoms with Crippen molar-refractivity contribution in [2.24, 2.45) is 0 Å². The molecular weight excluding hydrogens is 198 g/mol. The molecule has 0 aliphatic rings. The van der Waals surface area contributed by atoms with E-state index in [4.69, 9.17) is 12.2 Å². The maximum absolute atomic E-state index is 5.38. The first kappa shape index (κ1) is 8.91. The van der Waals surface area contributed by atoms with Crippen LogP contribution in [0.4, 0.5) is 0 Å². The van der Waals surface area contributed by atoms with Gasteiger partial charge >= 0.3 is 0 Å². The average molecular weight is 209 g/mol. The third-order valence-corrected chi connectivity index (χ3v) is 3.87. The number of rotatable bonds is 1. The molecule has 2 rings (SSSR count). The van der Waals surface area contributed by atoms with E-state index in [2.05, 4.69) is 36.0 Å². The van der Waals surface area contributed by atoms with Crippen molar-refractivity contribution in [1.29, 1.82) is 0 Å². The van der Waals surface area contributed by atoms with Crippen molar-refractivity contribution in [3.8, 4) is 0 Å². The van der Waals surface area contributed by atoms with E-state index in [0.29, 0.717) is 6.04 Å². The lowest BCUT2D eigenvalue weighted by Gasteiger charge is -2.03. The minimum atomic E-state index is 0.463. The Morgan fingerprint density at radius 1 is 1.31 bits per heavy atom. The first-order valence-corrected chi connectivity index (χ1v) is 5.49. The van der Waals surface area contributed by atoms with Crippen molar-refractivity contribution < 1.29 is 0 Å². The van der Waals surface area contributed by atoms with Crippen LogP contribution in [0.15, 0.2) is 24.3 Å². The van der Waals surface area contributed by atoms with E-state index < -0.39 is 0 Å². The second kappa shape index (κ2) is 3.24. The highest BCUT2D eigenvalue weighted by molar-refractivity contribution is 7.71. The molecule has 1 aromatic heterocycles. The molecule has 0 aliphatic heterocycles. The first-order chi connectivity index (χ1) is 6.20. The molecule has 0 unspecified atom stereocenters. The van der Waals surface area contributed by atoms with Crippen LogP contribution in [0.2, 0.25) is 0 Å². The van der Waals surface area contributed by atoms with Gasteiger partial charge in [0.25, 0.3) is 0 Å². The van der Waals surface area contributed by atoms with E-state index in [1.165, 1.54) is 10.1 Å². The van der Waals surface area contributed by atoms with Gasteiger partial charge in [0, 0.05) is 11.4 Å². The maximum Gasteiger partial charge on any atom is 0.124 e. The quantitative estimate of drug-likeness (QED) is 0.642. The van der Waals surface area contributed by atoms with Crippen LogP contribution < -0.4 is 0 Å². The summed E-state index contributed by atoms with van der Waals surface area (Å²) in [6.07, 6.45) is 0. The van der Waals surface area contributed by atoms with Crippen LogP contribution in [-0.2, 0) is 0 Å². The summed E-state index contributed by atoms with van der Waals surface area (Å²) in [6, 6.07) is 8.76. The topological polar surface area (TPSA) is 4.93 Å². The highest BCUT2D eigenvalue weighted by Crippen LogP contribution is 2.25. The molecule has 1 aromatic carbocycles. The molecule has 0 amide bonds. The molecule has 3 heteroatoms. The zero-order valence-corrected chi connectivity index (χ0v) is 9.28. The van der Waals surface area contributed by atoms with Crippen LogP contribution in [0.3, 0.4) is 0 Å². The van der Waals surface area contributed by atoms with Crippen LogP contribution >= 0.6 is 23.8 Å². The zero-order valence-electron chi connectivity index (χ0n) is 7.65. The van der Waals surface area contributed by atoms with Crippen LogP contribution in [-0.4, -0.2) is 3.96 Å². The fraction of sp³-hybridized carbons (Fsp3) is 0.300. The number of hydrogen-bond acceptors (Lipinski definition) is 2. The molecule has 0 atom stereocenters. The molecular formula is C10H11NS2. The molecule has 0 spiro atoms. The molecule has 2 aromatic rings. The van der Waals surface area contributed by atoms with Gasteiger partial charge in [-0.05, 0) is 19.9 Å². The Bertz CT molecular complexity index is 479. The highest BCUT2D eigenvalue weighted by Gasteiger charge is 2.05. The molecule has 0 fully saturated rings. The third-order valence-electron chi connectivity index (χ3n) is 1.98. The van der Waals surface area contributed by atoms with E-state index in [1.807, 2.05) is 6.07 Å². The molecule has 1 nitrogen and oxygen atoms in total. The third kappa shape index (κ3) is 1.42. The van der Waals surface area contributed by atoms with Gasteiger partial charge in [-0.15, -0.1) is 0 Å². The number of hydrogen-bond donors (Lipinski definition) is 0. The van der Waals surface area contributed by atoms with Gasteiger partial charge in [-0.3, -0.25) is 3.96 Å². The second-order valence-electron chi connectivity index (χ2n) is 3.31. The lowest BCUT2D eigenvalue weighted by molar-refractivity contribution is 0.646. The summed E-state index contributed by atoms with van der Waals surface area (Å²) in [4.78, 5) is 0. The fourth-order valence-electron chi connectivity index (χ4n) is 1.33. The molecule has 0 saturated heterocycles. The van der Waals surface area contributed by atoms with E-state index in [0.717, 1.165) is 4.64 Å². The van der Waals surface area contributed by atoms with Gasteiger partial charge < -0.3 is 0 Å².